The zero-order valence-corrected chi connectivity index (χ0v) is 22.9. The molecule has 8 aliphatic carbocycles. The number of fused-ring (bicyclic) bond motifs is 10. The molecule has 0 nitrogen and oxygen atoms in total. The summed E-state index contributed by atoms with van der Waals surface area (Å²) in [5.74, 6) is 7.48. The molecule has 0 aromatic heterocycles. The van der Waals surface area contributed by atoms with Gasteiger partial charge in [-0.05, 0) is 180 Å². The first-order chi connectivity index (χ1) is 16.5. The molecule has 2 aromatic rings. The third-order valence-corrected chi connectivity index (χ3v) is 14.9. The molecule has 2 aromatic carbocycles. The van der Waals surface area contributed by atoms with E-state index in [2.05, 4.69) is 56.1 Å². The summed E-state index contributed by atoms with van der Waals surface area (Å²) in [6.07, 6.45) is 14.9. The van der Waals surface area contributed by atoms with Gasteiger partial charge in [0.15, 0.2) is 0 Å². The molecule has 2 spiro atoms. The second kappa shape index (κ2) is 5.93. The Bertz CT molecular complexity index is 1220. The van der Waals surface area contributed by atoms with Crippen LogP contribution in [-0.4, -0.2) is 0 Å². The summed E-state index contributed by atoms with van der Waals surface area (Å²) >= 11 is 8.20. The predicted molar refractivity (Wildman–Crippen MR) is 143 cm³/mol. The molecular formula is C32H32Br2. The summed E-state index contributed by atoms with van der Waals surface area (Å²) in [4.78, 5) is 0. The van der Waals surface area contributed by atoms with Gasteiger partial charge >= 0.3 is 0 Å². The lowest BCUT2D eigenvalue weighted by Gasteiger charge is -2.48. The van der Waals surface area contributed by atoms with E-state index in [0.717, 1.165) is 58.2 Å². The van der Waals surface area contributed by atoms with E-state index in [0.29, 0.717) is 0 Å². The van der Waals surface area contributed by atoms with Gasteiger partial charge in [0.25, 0.3) is 0 Å². The highest BCUT2D eigenvalue weighted by Gasteiger charge is 2.66. The summed E-state index contributed by atoms with van der Waals surface area (Å²) < 4.78 is 2.66. The molecular weight excluding hydrogens is 544 g/mol. The number of benzene rings is 2. The van der Waals surface area contributed by atoms with Gasteiger partial charge < -0.3 is 0 Å². The maximum atomic E-state index is 4.10. The Morgan fingerprint density at radius 2 is 0.794 bits per heavy atom. The Hall–Kier alpha value is -0.600. The molecule has 2 heteroatoms. The average molecular weight is 576 g/mol. The first-order valence-corrected chi connectivity index (χ1v) is 15.8. The highest BCUT2D eigenvalue weighted by molar-refractivity contribution is 9.11. The van der Waals surface area contributed by atoms with Crippen molar-refractivity contribution in [2.24, 2.45) is 34.5 Å². The maximum Gasteiger partial charge on any atom is 0.0257 e. The Balaban J connectivity index is 1.14. The van der Waals surface area contributed by atoms with E-state index in [4.69, 9.17) is 0 Å². The van der Waals surface area contributed by atoms with Gasteiger partial charge in [0.1, 0.15) is 0 Å². The lowest BCUT2D eigenvalue weighted by Crippen LogP contribution is -2.41. The summed E-state index contributed by atoms with van der Waals surface area (Å²) in [6, 6.07) is 10.5. The Labute approximate surface area is 219 Å². The minimum atomic E-state index is 0.740. The number of hydrogen-bond acceptors (Lipinski definition) is 0. The fourth-order valence-corrected chi connectivity index (χ4v) is 13.5. The molecule has 8 aliphatic rings. The highest BCUT2D eigenvalue weighted by atomic mass is 79.9. The summed E-state index contributed by atoms with van der Waals surface area (Å²) in [5, 5.41) is 0. The van der Waals surface area contributed by atoms with Crippen LogP contribution >= 0.6 is 31.9 Å². The molecule has 10 unspecified atom stereocenters. The largest absolute Gasteiger partial charge is 0.0501 e. The maximum absolute atomic E-state index is 4.10. The molecule has 6 bridgehead atoms. The van der Waals surface area contributed by atoms with Crippen LogP contribution in [0.25, 0.3) is 11.1 Å². The van der Waals surface area contributed by atoms with Crippen LogP contribution in [0.5, 0.6) is 0 Å². The van der Waals surface area contributed by atoms with Crippen LogP contribution in [0.15, 0.2) is 33.2 Å². The predicted octanol–water partition coefficient (Wildman–Crippen LogP) is 9.66. The monoisotopic (exact) mass is 574 g/mol. The minimum absolute atomic E-state index is 0.740. The minimum Gasteiger partial charge on any atom is -0.0501 e. The molecule has 0 radical (unpaired) electrons. The van der Waals surface area contributed by atoms with E-state index in [1.165, 1.54) is 84.3 Å². The average Bonchev–Trinajstić information content (AvgIpc) is 3.44. The van der Waals surface area contributed by atoms with Gasteiger partial charge in [-0.1, -0.05) is 31.9 Å². The summed E-state index contributed by atoms with van der Waals surface area (Å²) in [7, 11) is 0. The van der Waals surface area contributed by atoms with E-state index in [1.54, 1.807) is 22.3 Å². The van der Waals surface area contributed by atoms with Crippen molar-refractivity contribution in [1.82, 2.24) is 0 Å². The third-order valence-electron chi connectivity index (χ3n) is 13.6. The Morgan fingerprint density at radius 1 is 0.471 bits per heavy atom. The summed E-state index contributed by atoms with van der Waals surface area (Å²) in [5.41, 5.74) is 11.3. The molecule has 34 heavy (non-hydrogen) atoms. The molecule has 6 saturated carbocycles. The number of rotatable bonds is 1. The topological polar surface area (TPSA) is 0 Å². The van der Waals surface area contributed by atoms with E-state index < -0.39 is 0 Å². The zero-order chi connectivity index (χ0) is 22.1. The van der Waals surface area contributed by atoms with Crippen LogP contribution < -0.4 is 0 Å². The normalized spacial score (nSPS) is 49.1. The van der Waals surface area contributed by atoms with Crippen molar-refractivity contribution in [3.8, 4) is 11.1 Å². The van der Waals surface area contributed by atoms with E-state index >= 15 is 0 Å². The van der Waals surface area contributed by atoms with Crippen molar-refractivity contribution in [2.75, 3.05) is 0 Å². The number of halogens is 2. The summed E-state index contributed by atoms with van der Waals surface area (Å²) in [6.45, 7) is 0. The van der Waals surface area contributed by atoms with Gasteiger partial charge in [0.05, 0.1) is 0 Å². The van der Waals surface area contributed by atoms with E-state index in [1.807, 2.05) is 0 Å². The Morgan fingerprint density at radius 3 is 1.15 bits per heavy atom. The van der Waals surface area contributed by atoms with Gasteiger partial charge in [-0.25, -0.2) is 0 Å². The quantitative estimate of drug-likeness (QED) is 0.317. The van der Waals surface area contributed by atoms with Crippen LogP contribution in [0.3, 0.4) is 0 Å². The molecule has 174 valence electrons. The van der Waals surface area contributed by atoms with E-state index in [-0.39, 0.29) is 0 Å². The van der Waals surface area contributed by atoms with Crippen LogP contribution in [-0.2, 0) is 0 Å². The van der Waals surface area contributed by atoms with Crippen LogP contribution in [0, 0.1) is 34.5 Å². The van der Waals surface area contributed by atoms with Crippen molar-refractivity contribution < 1.29 is 0 Å². The van der Waals surface area contributed by atoms with Crippen molar-refractivity contribution in [3.63, 3.8) is 0 Å². The lowest BCUT2D eigenvalue weighted by atomic mass is 9.56. The van der Waals surface area contributed by atoms with Gasteiger partial charge in [0, 0.05) is 8.95 Å². The van der Waals surface area contributed by atoms with Gasteiger partial charge in [0.2, 0.25) is 0 Å². The van der Waals surface area contributed by atoms with Crippen molar-refractivity contribution in [1.29, 1.82) is 0 Å². The fourth-order valence-electron chi connectivity index (χ4n) is 12.3. The van der Waals surface area contributed by atoms with Crippen molar-refractivity contribution >= 4 is 31.9 Å². The van der Waals surface area contributed by atoms with Gasteiger partial charge in [-0.15, -0.1) is 0 Å². The van der Waals surface area contributed by atoms with E-state index in [9.17, 15) is 0 Å². The molecule has 10 atom stereocenters. The second-order valence-electron chi connectivity index (χ2n) is 14.2. The molecule has 0 amide bonds. The molecule has 0 saturated heterocycles. The van der Waals surface area contributed by atoms with Gasteiger partial charge in [-0.2, -0.15) is 0 Å². The van der Waals surface area contributed by atoms with Crippen LogP contribution in [0.2, 0.25) is 0 Å². The molecule has 0 N–H and O–H groups in total. The van der Waals surface area contributed by atoms with Crippen LogP contribution in [0.4, 0.5) is 0 Å². The standard InChI is InChI=1S/C32H32Br2/c33-29-9-25-17-3-21-5-19-1-15(11-31(19,21)13-17)23(25)7-27(29)28-8-24-16-2-20-6-22-4-18(14-32(20,22)12-16)26(24)10-30(28)34/h7-10,15-22H,1-6,11-14H2. The van der Waals surface area contributed by atoms with Gasteiger partial charge in [-0.3, -0.25) is 0 Å². The lowest BCUT2D eigenvalue weighted by molar-refractivity contribution is 0.00321. The zero-order valence-electron chi connectivity index (χ0n) is 19.8. The SMILES string of the molecule is Brc1cc2c(cc1-c1cc3c(cc1Br)C1CC4CC5CC3CC45C1)C1CC3CC4CC2CC43C1. The Kier molecular flexibility index (Phi) is 3.40. The third kappa shape index (κ3) is 2.04. The number of hydrogen-bond donors (Lipinski definition) is 0. The highest BCUT2D eigenvalue weighted by Crippen LogP contribution is 2.77. The van der Waals surface area contributed by atoms with Crippen LogP contribution in [0.1, 0.15) is 110 Å². The first kappa shape index (κ1) is 19.5. The second-order valence-corrected chi connectivity index (χ2v) is 15.9. The molecule has 10 rings (SSSR count). The molecule has 0 heterocycles. The first-order valence-electron chi connectivity index (χ1n) is 14.2. The smallest absolute Gasteiger partial charge is 0.0257 e. The van der Waals surface area contributed by atoms with Crippen molar-refractivity contribution in [2.45, 2.75) is 87.9 Å². The fraction of sp³-hybridized carbons (Fsp3) is 0.625. The molecule has 6 fully saturated rings. The van der Waals surface area contributed by atoms with Crippen molar-refractivity contribution in [3.05, 3.63) is 55.5 Å². The molecule has 0 aliphatic heterocycles.